The van der Waals surface area contributed by atoms with E-state index in [2.05, 4.69) is 41.5 Å². The van der Waals surface area contributed by atoms with Crippen molar-refractivity contribution >= 4 is 44.1 Å². The van der Waals surface area contributed by atoms with Gasteiger partial charge in [0.25, 0.3) is 20.2 Å². The van der Waals surface area contributed by atoms with E-state index in [0.29, 0.717) is 51.4 Å². The molecule has 91 heavy (non-hydrogen) atoms. The number of unbranched alkanes of at least 4 members (excludes halogenated alkanes) is 48. The largest absolute Gasteiger partial charge is 1.00 e. The first-order chi connectivity index (χ1) is 43.1. The first-order valence-corrected chi connectivity index (χ1v) is 40.9. The Bertz CT molecular complexity index is 1790. The molecule has 0 rings (SSSR count). The van der Waals surface area contributed by atoms with E-state index >= 15 is 0 Å². The van der Waals surface area contributed by atoms with Crippen molar-refractivity contribution in [3.8, 4) is 0 Å². The summed E-state index contributed by atoms with van der Waals surface area (Å²) in [6.45, 7) is 13.1. The molecule has 0 fully saturated rings. The Morgan fingerprint density at radius 2 is 0.396 bits per heavy atom. The summed E-state index contributed by atoms with van der Waals surface area (Å²) in [5.74, 6) is -6.55. The fraction of sp³-hybridized carbons (Fsp3) is 0.946. The van der Waals surface area contributed by atoms with Crippen molar-refractivity contribution in [1.82, 2.24) is 0 Å². The van der Waals surface area contributed by atoms with Crippen molar-refractivity contribution in [3.63, 3.8) is 0 Å². The predicted molar refractivity (Wildman–Crippen MR) is 372 cm³/mol. The summed E-state index contributed by atoms with van der Waals surface area (Å²) in [5, 5.41) is 44.9. The SMILES string of the molecule is CCCCCCCCCCCC(CCCCCCCCCCC)(C(=O)O)C(CCCCCCCCCCC)(C(=O)O)S(=O)(=O)O.CCCCCCCCCCCC(CCCCCCCCCCC)(C(=O)O)C(CCCCCCCCCCC)(C(=O)[O-])S(=O)(=O)O.[Na+]. The van der Waals surface area contributed by atoms with Crippen LogP contribution in [-0.4, -0.2) is 74.6 Å². The maximum absolute atomic E-state index is 13.2. The number of hydrogen-bond acceptors (Lipinski definition) is 9. The molecule has 2 unspecified atom stereocenters. The van der Waals surface area contributed by atoms with Crippen LogP contribution < -0.4 is 34.7 Å². The zero-order valence-electron chi connectivity index (χ0n) is 60.2. The van der Waals surface area contributed by atoms with E-state index in [9.17, 15) is 65.5 Å². The molecule has 0 aliphatic carbocycles. The predicted octanol–water partition coefficient (Wildman–Crippen LogP) is 18.7. The molecule has 5 N–H and O–H groups in total. The molecule has 0 bridgehead atoms. The normalized spacial score (nSPS) is 13.5. The molecular weight excluding hydrogens is 1200 g/mol. The van der Waals surface area contributed by atoms with Crippen LogP contribution in [0.1, 0.15) is 427 Å². The van der Waals surface area contributed by atoms with Crippen LogP contribution >= 0.6 is 0 Å². The van der Waals surface area contributed by atoms with Gasteiger partial charge in [-0.25, -0.2) is 0 Å². The summed E-state index contributed by atoms with van der Waals surface area (Å²) in [6.07, 6.45) is 51.6. The molecular formula is C74H143NaO14S2. The summed E-state index contributed by atoms with van der Waals surface area (Å²) in [7, 11) is -10.5. The summed E-state index contributed by atoms with van der Waals surface area (Å²) < 4.78 is 68.1. The molecule has 0 aliphatic rings. The van der Waals surface area contributed by atoms with Crippen LogP contribution in [0.15, 0.2) is 0 Å². The molecule has 0 aliphatic heterocycles. The Morgan fingerprint density at radius 3 is 0.538 bits per heavy atom. The number of carbonyl (C=O) groups excluding carboxylic acids is 1. The topological polar surface area (TPSA) is 261 Å². The van der Waals surface area contributed by atoms with E-state index in [0.717, 1.165) is 141 Å². The molecule has 0 aromatic heterocycles. The van der Waals surface area contributed by atoms with Gasteiger partial charge in [-0.3, -0.25) is 23.5 Å². The van der Waals surface area contributed by atoms with E-state index in [4.69, 9.17) is 0 Å². The van der Waals surface area contributed by atoms with Crippen molar-refractivity contribution in [1.29, 1.82) is 0 Å². The maximum Gasteiger partial charge on any atom is 1.00 e. The Morgan fingerprint density at radius 1 is 0.253 bits per heavy atom. The molecule has 0 radical (unpaired) electrons. The third kappa shape index (κ3) is 39.0. The van der Waals surface area contributed by atoms with E-state index < -0.39 is 70.9 Å². The fourth-order valence-electron chi connectivity index (χ4n) is 14.2. The van der Waals surface area contributed by atoms with Gasteiger partial charge in [-0.15, -0.1) is 0 Å². The Hall–Kier alpha value is -1.30. The summed E-state index contributed by atoms with van der Waals surface area (Å²) in [6, 6.07) is 0. The zero-order valence-corrected chi connectivity index (χ0v) is 63.8. The van der Waals surface area contributed by atoms with Gasteiger partial charge in [0.05, 0.1) is 11.4 Å². The molecule has 536 valence electrons. The van der Waals surface area contributed by atoms with Gasteiger partial charge in [-0.05, 0) is 38.5 Å². The smallest absolute Gasteiger partial charge is 0.548 e. The van der Waals surface area contributed by atoms with Crippen molar-refractivity contribution in [2.24, 2.45) is 10.8 Å². The second-order valence-electron chi connectivity index (χ2n) is 27.4. The molecule has 0 aromatic rings. The van der Waals surface area contributed by atoms with Gasteiger partial charge in [0.15, 0.2) is 4.75 Å². The minimum absolute atomic E-state index is 0. The van der Waals surface area contributed by atoms with Gasteiger partial charge in [-0.1, -0.05) is 388 Å². The van der Waals surface area contributed by atoms with Crippen LogP contribution in [-0.2, 0) is 39.4 Å². The number of carbonyl (C=O) groups is 4. The first-order valence-electron chi connectivity index (χ1n) is 38.0. The minimum Gasteiger partial charge on any atom is -0.548 e. The fourth-order valence-corrected chi connectivity index (χ4v) is 17.0. The van der Waals surface area contributed by atoms with Crippen LogP contribution in [0.25, 0.3) is 0 Å². The molecule has 17 heteroatoms. The molecule has 2 atom stereocenters. The molecule has 0 saturated carbocycles. The maximum atomic E-state index is 13.2. The van der Waals surface area contributed by atoms with Crippen LogP contribution in [0, 0.1) is 10.8 Å². The average molecular weight is 1340 g/mol. The van der Waals surface area contributed by atoms with Crippen molar-refractivity contribution < 1.29 is 95.1 Å². The quantitative estimate of drug-likeness (QED) is 0.0216. The summed E-state index contributed by atoms with van der Waals surface area (Å²) >= 11 is 0. The number of carboxylic acid groups (broad SMARTS) is 4. The van der Waals surface area contributed by atoms with Gasteiger partial charge < -0.3 is 25.2 Å². The van der Waals surface area contributed by atoms with E-state index in [-0.39, 0.29) is 74.5 Å². The molecule has 14 nitrogen and oxygen atoms in total. The molecule has 0 spiro atoms. The number of rotatable bonds is 68. The Kier molecular flexibility index (Phi) is 61.8. The van der Waals surface area contributed by atoms with Gasteiger partial charge in [0.2, 0.25) is 4.75 Å². The zero-order chi connectivity index (χ0) is 67.7. The summed E-state index contributed by atoms with van der Waals surface area (Å²) in [5.41, 5.74) is -4.21. The van der Waals surface area contributed by atoms with Crippen molar-refractivity contribution in [2.75, 3.05) is 0 Å². The van der Waals surface area contributed by atoms with E-state index in [1.54, 1.807) is 0 Å². The van der Waals surface area contributed by atoms with E-state index in [1.165, 1.54) is 141 Å². The minimum atomic E-state index is -5.30. The number of aliphatic carboxylic acids is 4. The third-order valence-corrected chi connectivity index (χ3v) is 23.3. The van der Waals surface area contributed by atoms with Crippen LogP contribution in [0.2, 0.25) is 0 Å². The number of hydrogen-bond donors (Lipinski definition) is 5. The first kappa shape index (κ1) is 93.9. The second kappa shape index (κ2) is 59.9. The average Bonchev–Trinajstić information content (AvgIpc) is 0.740. The summed E-state index contributed by atoms with van der Waals surface area (Å²) in [4.78, 5) is 52.2. The van der Waals surface area contributed by atoms with Gasteiger partial charge >= 0.3 is 47.5 Å². The Balaban J connectivity index is -0.00000168. The molecule has 0 aromatic carbocycles. The van der Waals surface area contributed by atoms with Gasteiger partial charge in [0.1, 0.15) is 5.41 Å². The van der Waals surface area contributed by atoms with Crippen molar-refractivity contribution in [2.45, 2.75) is 436 Å². The third-order valence-electron chi connectivity index (χ3n) is 20.0. The van der Waals surface area contributed by atoms with Crippen LogP contribution in [0.5, 0.6) is 0 Å². The molecule has 0 amide bonds. The monoisotopic (exact) mass is 1340 g/mol. The van der Waals surface area contributed by atoms with E-state index in [1.807, 2.05) is 0 Å². The van der Waals surface area contributed by atoms with Crippen LogP contribution in [0.4, 0.5) is 0 Å². The second-order valence-corrected chi connectivity index (χ2v) is 30.7. The molecule has 0 heterocycles. The number of carboxylic acids is 4. The standard InChI is InChI=1S/2C37H72O7S.Na/c2*1-4-7-10-13-16-19-22-25-28-31-36(34(38)39,32-29-26-23-20-17-14-11-8-5-2)37(35(40)41,45(42,43)44)33-30-27-24-21-18-15-12-9-6-3;/h2*4-33H2,1-3H3,(H,38,39)(H,40,41)(H,42,43,44);/q;;+1/p-1. The van der Waals surface area contributed by atoms with Crippen LogP contribution in [0.3, 0.4) is 0 Å². The van der Waals surface area contributed by atoms with Crippen molar-refractivity contribution in [3.05, 3.63) is 0 Å². The van der Waals surface area contributed by atoms with Gasteiger partial charge in [0, 0.05) is 0 Å². The van der Waals surface area contributed by atoms with Gasteiger partial charge in [-0.2, -0.15) is 16.8 Å². The Labute approximate surface area is 582 Å². The molecule has 0 saturated heterocycles.